The monoisotopic (exact) mass is 282 g/mol. The quantitative estimate of drug-likeness (QED) is 0.862. The van der Waals surface area contributed by atoms with E-state index >= 15 is 0 Å². The van der Waals surface area contributed by atoms with Gasteiger partial charge in [-0.15, -0.1) is 0 Å². The van der Waals surface area contributed by atoms with Crippen LogP contribution in [-0.4, -0.2) is 28.5 Å². The van der Waals surface area contributed by atoms with Crippen LogP contribution in [0, 0.1) is 5.82 Å². The zero-order valence-electron chi connectivity index (χ0n) is 12.1. The number of ketones is 1. The van der Waals surface area contributed by atoms with Gasteiger partial charge in [0.15, 0.2) is 5.78 Å². The number of carbonyl (C=O) groups excluding carboxylic acids is 2. The Morgan fingerprint density at radius 3 is 2.55 bits per heavy atom. The third-order valence-electron chi connectivity index (χ3n) is 2.27. The van der Waals surface area contributed by atoms with Crippen LogP contribution in [0.4, 0.5) is 9.18 Å². The third kappa shape index (κ3) is 5.77. The number of nitrogens with one attached hydrogen (secondary N) is 1. The molecule has 0 aliphatic carbocycles. The highest BCUT2D eigenvalue weighted by atomic mass is 19.1. The van der Waals surface area contributed by atoms with Gasteiger partial charge in [-0.25, -0.2) is 9.18 Å². The number of carbonyl (C=O) groups is 2. The number of alkyl carbamates (subject to hydrolysis) is 1. The molecule has 1 aromatic heterocycles. The molecule has 0 aliphatic heterocycles. The van der Waals surface area contributed by atoms with Crippen molar-refractivity contribution in [1.82, 2.24) is 10.3 Å². The lowest BCUT2D eigenvalue weighted by Gasteiger charge is -2.21. The predicted octanol–water partition coefficient (Wildman–Crippen LogP) is 2.71. The first-order chi connectivity index (χ1) is 9.17. The van der Waals surface area contributed by atoms with E-state index in [0.717, 1.165) is 6.20 Å². The fraction of sp³-hybridized carbons (Fsp3) is 0.500. The van der Waals surface area contributed by atoms with Gasteiger partial charge in [0.05, 0.1) is 6.20 Å². The minimum Gasteiger partial charge on any atom is -0.444 e. The van der Waals surface area contributed by atoms with Crippen LogP contribution in [0.25, 0.3) is 0 Å². The van der Waals surface area contributed by atoms with Gasteiger partial charge in [-0.1, -0.05) is 0 Å². The Labute approximate surface area is 117 Å². The number of aromatic nitrogens is 1. The largest absolute Gasteiger partial charge is 0.444 e. The van der Waals surface area contributed by atoms with E-state index in [1.807, 2.05) is 0 Å². The lowest BCUT2D eigenvalue weighted by Crippen LogP contribution is -2.38. The summed E-state index contributed by atoms with van der Waals surface area (Å²) in [4.78, 5) is 27.1. The molecule has 0 fully saturated rings. The Balaban J connectivity index is 2.50. The average Bonchev–Trinajstić information content (AvgIpc) is 2.26. The highest BCUT2D eigenvalue weighted by molar-refractivity contribution is 5.94. The smallest absolute Gasteiger partial charge is 0.407 e. The van der Waals surface area contributed by atoms with Crippen molar-refractivity contribution in [2.45, 2.75) is 45.8 Å². The van der Waals surface area contributed by atoms with Crippen LogP contribution in [-0.2, 0) is 4.74 Å². The second kappa shape index (κ2) is 6.45. The van der Waals surface area contributed by atoms with Crippen LogP contribution in [0.5, 0.6) is 0 Å². The molecule has 1 N–H and O–H groups in total. The van der Waals surface area contributed by atoms with E-state index in [1.54, 1.807) is 27.7 Å². The second-order valence-corrected chi connectivity index (χ2v) is 5.54. The summed E-state index contributed by atoms with van der Waals surface area (Å²) in [5, 5.41) is 2.56. The third-order valence-corrected chi connectivity index (χ3v) is 2.27. The molecule has 0 spiro atoms. The maximum atomic E-state index is 12.7. The van der Waals surface area contributed by atoms with Crippen molar-refractivity contribution in [1.29, 1.82) is 0 Å². The molecule has 0 radical (unpaired) electrons. The summed E-state index contributed by atoms with van der Waals surface area (Å²) in [7, 11) is 0. The van der Waals surface area contributed by atoms with Crippen LogP contribution in [0.15, 0.2) is 18.3 Å². The van der Waals surface area contributed by atoms with Crippen molar-refractivity contribution >= 4 is 11.9 Å². The summed E-state index contributed by atoms with van der Waals surface area (Å²) in [5.41, 5.74) is -0.420. The Bertz CT molecular complexity index is 480. The van der Waals surface area contributed by atoms with Crippen molar-refractivity contribution in [2.24, 2.45) is 0 Å². The highest BCUT2D eigenvalue weighted by Gasteiger charge is 2.19. The predicted molar refractivity (Wildman–Crippen MR) is 72.0 cm³/mol. The van der Waals surface area contributed by atoms with Gasteiger partial charge < -0.3 is 10.1 Å². The first-order valence-electron chi connectivity index (χ1n) is 6.31. The number of pyridine rings is 1. The van der Waals surface area contributed by atoms with E-state index < -0.39 is 23.6 Å². The molecular formula is C14H19FN2O3. The van der Waals surface area contributed by atoms with Crippen molar-refractivity contribution in [3.8, 4) is 0 Å². The van der Waals surface area contributed by atoms with E-state index in [4.69, 9.17) is 4.74 Å². The van der Waals surface area contributed by atoms with Gasteiger partial charge in [-0.2, -0.15) is 0 Å². The molecule has 0 saturated heterocycles. The minimum atomic E-state index is -0.591. The lowest BCUT2D eigenvalue weighted by molar-refractivity contribution is 0.0506. The molecule has 0 aliphatic rings. The van der Waals surface area contributed by atoms with Gasteiger partial charge in [0.2, 0.25) is 0 Å². The number of rotatable bonds is 4. The second-order valence-electron chi connectivity index (χ2n) is 5.54. The first-order valence-corrected chi connectivity index (χ1v) is 6.31. The fourth-order valence-corrected chi connectivity index (χ4v) is 1.48. The number of halogens is 1. The minimum absolute atomic E-state index is 0.0673. The molecule has 1 aromatic rings. The molecule has 6 heteroatoms. The maximum Gasteiger partial charge on any atom is 0.407 e. The van der Waals surface area contributed by atoms with Crippen LogP contribution < -0.4 is 5.32 Å². The maximum absolute atomic E-state index is 12.7. The van der Waals surface area contributed by atoms with E-state index in [1.165, 1.54) is 12.1 Å². The van der Waals surface area contributed by atoms with Crippen LogP contribution in [0.3, 0.4) is 0 Å². The molecule has 1 atom stereocenters. The standard InChI is InChI=1S/C14H19FN2O3/c1-9(17-13(19)20-14(2,3)4)7-12(18)11-6-5-10(15)8-16-11/h5-6,8-9H,7H2,1-4H3,(H,17,19). The molecule has 1 heterocycles. The van der Waals surface area contributed by atoms with Crippen molar-refractivity contribution < 1.29 is 18.7 Å². The number of hydrogen-bond acceptors (Lipinski definition) is 4. The van der Waals surface area contributed by atoms with Crippen LogP contribution in [0.1, 0.15) is 44.6 Å². The summed E-state index contributed by atoms with van der Waals surface area (Å²) in [6.07, 6.45) is 0.474. The Morgan fingerprint density at radius 2 is 2.05 bits per heavy atom. The van der Waals surface area contributed by atoms with Crippen molar-refractivity contribution in [2.75, 3.05) is 0 Å². The van der Waals surface area contributed by atoms with Crippen LogP contribution >= 0.6 is 0 Å². The fourth-order valence-electron chi connectivity index (χ4n) is 1.48. The van der Waals surface area contributed by atoms with Gasteiger partial charge in [0.25, 0.3) is 0 Å². The molecule has 5 nitrogen and oxygen atoms in total. The Hall–Kier alpha value is -1.98. The van der Waals surface area contributed by atoms with E-state index in [9.17, 15) is 14.0 Å². The van der Waals surface area contributed by atoms with Gasteiger partial charge in [-0.3, -0.25) is 9.78 Å². The van der Waals surface area contributed by atoms with Gasteiger partial charge in [-0.05, 0) is 39.8 Å². The lowest BCUT2D eigenvalue weighted by atomic mass is 10.1. The summed E-state index contributed by atoms with van der Waals surface area (Å²) in [6, 6.07) is 2.09. The number of hydrogen-bond donors (Lipinski definition) is 1. The molecule has 0 saturated carbocycles. The van der Waals surface area contributed by atoms with Gasteiger partial charge in [0, 0.05) is 12.5 Å². The number of Topliss-reactive ketones (excluding diaryl/α,β-unsaturated/α-hetero) is 1. The zero-order chi connectivity index (χ0) is 15.3. The van der Waals surface area contributed by atoms with E-state index in [2.05, 4.69) is 10.3 Å². The molecule has 20 heavy (non-hydrogen) atoms. The summed E-state index contributed by atoms with van der Waals surface area (Å²) in [6.45, 7) is 6.95. The van der Waals surface area contributed by atoms with Gasteiger partial charge >= 0.3 is 6.09 Å². The molecule has 0 bridgehead atoms. The zero-order valence-corrected chi connectivity index (χ0v) is 12.1. The number of amides is 1. The normalized spacial score (nSPS) is 12.7. The Kier molecular flexibility index (Phi) is 5.19. The number of ether oxygens (including phenoxy) is 1. The molecule has 1 unspecified atom stereocenters. The summed E-state index contributed by atoms with van der Waals surface area (Å²) < 4.78 is 17.8. The number of nitrogens with zero attached hydrogens (tertiary/aromatic N) is 1. The van der Waals surface area contributed by atoms with Crippen molar-refractivity contribution in [3.63, 3.8) is 0 Å². The summed E-state index contributed by atoms with van der Waals surface area (Å²) >= 11 is 0. The van der Waals surface area contributed by atoms with Crippen molar-refractivity contribution in [3.05, 3.63) is 29.8 Å². The molecule has 1 amide bonds. The first kappa shape index (κ1) is 16.1. The van der Waals surface area contributed by atoms with E-state index in [0.29, 0.717) is 0 Å². The SMILES string of the molecule is CC(CC(=O)c1ccc(F)cn1)NC(=O)OC(C)(C)C. The van der Waals surface area contributed by atoms with E-state index in [-0.39, 0.29) is 17.9 Å². The average molecular weight is 282 g/mol. The summed E-state index contributed by atoms with van der Waals surface area (Å²) in [5.74, 6) is -0.768. The van der Waals surface area contributed by atoms with Gasteiger partial charge in [0.1, 0.15) is 17.1 Å². The topological polar surface area (TPSA) is 68.3 Å². The molecule has 0 aromatic carbocycles. The highest BCUT2D eigenvalue weighted by Crippen LogP contribution is 2.08. The Morgan fingerprint density at radius 1 is 1.40 bits per heavy atom. The molecular weight excluding hydrogens is 263 g/mol. The van der Waals surface area contributed by atoms with Crippen LogP contribution in [0.2, 0.25) is 0 Å². The molecule has 110 valence electrons. The molecule has 1 rings (SSSR count).